The molecule has 8 nitrogen and oxygen atoms in total. The number of nitrogens with two attached hydrogens (primary N) is 1. The Bertz CT molecular complexity index is 564. The van der Waals surface area contributed by atoms with E-state index in [1.807, 2.05) is 0 Å². The predicted octanol–water partition coefficient (Wildman–Crippen LogP) is 2.03. The Balaban J connectivity index is 3.24. The maximum absolute atomic E-state index is 13.1. The van der Waals surface area contributed by atoms with E-state index in [2.05, 4.69) is 0 Å². The minimum atomic E-state index is -1.70. The minimum absolute atomic E-state index is 0.0374. The summed E-state index contributed by atoms with van der Waals surface area (Å²) in [5.41, 5.74) is 3.63. The predicted molar refractivity (Wildman–Crippen MR) is 111 cm³/mol. The van der Waals surface area contributed by atoms with Crippen molar-refractivity contribution in [1.82, 2.24) is 0 Å². The van der Waals surface area contributed by atoms with Gasteiger partial charge in [0.15, 0.2) is 5.41 Å². The maximum Gasteiger partial charge on any atom is 0.324 e. The van der Waals surface area contributed by atoms with Crippen molar-refractivity contribution in [3.8, 4) is 0 Å². The molecule has 0 aromatic carbocycles. The lowest BCUT2D eigenvalue weighted by molar-refractivity contribution is -0.179. The summed E-state index contributed by atoms with van der Waals surface area (Å²) in [7, 11) is 0. The van der Waals surface area contributed by atoms with Crippen LogP contribution in [-0.2, 0) is 33.3 Å². The average Bonchev–Trinajstić information content (AvgIpc) is 2.61. The maximum atomic E-state index is 13.1. The topological polar surface area (TPSA) is 114 Å². The summed E-state index contributed by atoms with van der Waals surface area (Å²) in [6.07, 6.45) is 0.703. The van der Waals surface area contributed by atoms with Crippen molar-refractivity contribution in [2.45, 2.75) is 76.7 Å². The normalized spacial score (nSPS) is 17.9. The fourth-order valence-corrected chi connectivity index (χ4v) is 3.89. The van der Waals surface area contributed by atoms with Gasteiger partial charge in [0, 0.05) is 18.0 Å². The first-order valence-corrected chi connectivity index (χ1v) is 10.5. The molecule has 1 saturated heterocycles. The minimum Gasteiger partial charge on any atom is -0.465 e. The smallest absolute Gasteiger partial charge is 0.324 e. The van der Waals surface area contributed by atoms with Crippen LogP contribution in [0.25, 0.3) is 0 Å². The number of rotatable bonds is 9. The van der Waals surface area contributed by atoms with Gasteiger partial charge in [0.2, 0.25) is 0 Å². The summed E-state index contributed by atoms with van der Waals surface area (Å²) in [6, 6.07) is -1.01. The molecule has 1 aliphatic rings. The van der Waals surface area contributed by atoms with Gasteiger partial charge >= 0.3 is 17.9 Å². The van der Waals surface area contributed by atoms with Gasteiger partial charge in [-0.2, -0.15) is 12.6 Å². The molecule has 0 saturated carbocycles. The van der Waals surface area contributed by atoms with Crippen LogP contribution < -0.4 is 5.73 Å². The van der Waals surface area contributed by atoms with Crippen molar-refractivity contribution in [1.29, 1.82) is 0 Å². The molecule has 0 aromatic rings. The van der Waals surface area contributed by atoms with E-state index >= 15 is 0 Å². The van der Waals surface area contributed by atoms with E-state index in [0.29, 0.717) is 26.1 Å². The zero-order valence-electron chi connectivity index (χ0n) is 18.1. The van der Waals surface area contributed by atoms with Gasteiger partial charge in [0.05, 0.1) is 13.2 Å². The second kappa shape index (κ2) is 10.6. The lowest BCUT2D eigenvalue weighted by atomic mass is 9.67. The van der Waals surface area contributed by atoms with Crippen molar-refractivity contribution >= 4 is 30.5 Å². The molecule has 0 spiro atoms. The number of hydrogen-bond acceptors (Lipinski definition) is 9. The van der Waals surface area contributed by atoms with E-state index in [1.165, 1.54) is 0 Å². The van der Waals surface area contributed by atoms with Gasteiger partial charge in [-0.25, -0.2) is 0 Å². The van der Waals surface area contributed by atoms with Gasteiger partial charge in [-0.3, -0.25) is 14.4 Å². The third-order valence-corrected chi connectivity index (χ3v) is 5.73. The SMILES string of the molecule is CCOC(=O)C(CCC(N)C(=O)OC(C)(C)C)(C(=O)OCC)C1(S)CCOCC1. The Morgan fingerprint density at radius 3 is 1.97 bits per heavy atom. The molecule has 0 aromatic heterocycles. The summed E-state index contributed by atoms with van der Waals surface area (Å²) >= 11 is 4.78. The summed E-state index contributed by atoms with van der Waals surface area (Å²) in [5, 5.41) is 0. The highest BCUT2D eigenvalue weighted by Gasteiger charge is 2.62. The molecule has 1 fully saturated rings. The fraction of sp³-hybridized carbons (Fsp3) is 0.850. The van der Waals surface area contributed by atoms with Crippen LogP contribution in [0.15, 0.2) is 0 Å². The van der Waals surface area contributed by atoms with Crippen LogP contribution in [0.2, 0.25) is 0 Å². The highest BCUT2D eigenvalue weighted by Crippen LogP contribution is 2.49. The first-order valence-electron chi connectivity index (χ1n) is 10.1. The Kier molecular flexibility index (Phi) is 9.43. The van der Waals surface area contributed by atoms with Crippen LogP contribution in [0.1, 0.15) is 60.3 Å². The van der Waals surface area contributed by atoms with E-state index in [0.717, 1.165) is 0 Å². The molecular formula is C20H35NO7S. The number of carbonyl (C=O) groups excluding carboxylic acids is 3. The lowest BCUT2D eigenvalue weighted by Gasteiger charge is -2.46. The molecule has 29 heavy (non-hydrogen) atoms. The fourth-order valence-electron chi connectivity index (χ4n) is 3.41. The van der Waals surface area contributed by atoms with Gasteiger partial charge in [0.1, 0.15) is 11.6 Å². The molecule has 1 rings (SSSR count). The second-order valence-corrected chi connectivity index (χ2v) is 9.02. The molecule has 1 unspecified atom stereocenters. The summed E-state index contributed by atoms with van der Waals surface area (Å²) < 4.78 is 20.2. The molecule has 0 aliphatic carbocycles. The Labute approximate surface area is 178 Å². The summed E-state index contributed by atoms with van der Waals surface area (Å²) in [6.45, 7) is 9.43. The van der Waals surface area contributed by atoms with Crippen molar-refractivity contribution in [2.75, 3.05) is 26.4 Å². The molecule has 1 aliphatic heterocycles. The number of esters is 3. The van der Waals surface area contributed by atoms with Gasteiger partial charge in [-0.1, -0.05) is 0 Å². The molecule has 0 bridgehead atoms. The highest BCUT2D eigenvalue weighted by molar-refractivity contribution is 7.82. The quantitative estimate of drug-likeness (QED) is 0.246. The first kappa shape index (κ1) is 25.7. The Hall–Kier alpha value is -1.32. The molecule has 168 valence electrons. The van der Waals surface area contributed by atoms with E-state index in [-0.39, 0.29) is 26.1 Å². The van der Waals surface area contributed by atoms with Crippen molar-refractivity contribution in [3.05, 3.63) is 0 Å². The van der Waals surface area contributed by atoms with Gasteiger partial charge in [-0.05, 0) is 60.3 Å². The second-order valence-electron chi connectivity index (χ2n) is 8.17. The van der Waals surface area contributed by atoms with Gasteiger partial charge in [0.25, 0.3) is 0 Å². The van der Waals surface area contributed by atoms with Crippen molar-refractivity contribution in [3.63, 3.8) is 0 Å². The van der Waals surface area contributed by atoms with E-state index in [1.54, 1.807) is 34.6 Å². The number of ether oxygens (including phenoxy) is 4. The molecule has 1 heterocycles. The van der Waals surface area contributed by atoms with Crippen LogP contribution >= 0.6 is 12.6 Å². The van der Waals surface area contributed by atoms with E-state index in [4.69, 9.17) is 37.3 Å². The molecule has 0 radical (unpaired) electrons. The Morgan fingerprint density at radius 2 is 1.55 bits per heavy atom. The Morgan fingerprint density at radius 1 is 1.07 bits per heavy atom. The van der Waals surface area contributed by atoms with Gasteiger partial charge < -0.3 is 24.7 Å². The van der Waals surface area contributed by atoms with Crippen LogP contribution in [0.5, 0.6) is 0 Å². The van der Waals surface area contributed by atoms with Crippen molar-refractivity contribution < 1.29 is 33.3 Å². The zero-order valence-corrected chi connectivity index (χ0v) is 19.0. The first-order chi connectivity index (χ1) is 13.4. The number of thiol groups is 1. The standard InChI is InChI=1S/C20H35NO7S/c1-6-26-16(23)20(17(24)27-7-2,19(29)10-12-25-13-11-19)9-8-14(21)15(22)28-18(3,4)5/h14,29H,6-13,21H2,1-5H3. The van der Waals surface area contributed by atoms with E-state index in [9.17, 15) is 14.4 Å². The highest BCUT2D eigenvalue weighted by atomic mass is 32.1. The largest absolute Gasteiger partial charge is 0.465 e. The molecule has 0 amide bonds. The van der Waals surface area contributed by atoms with Crippen LogP contribution in [0.4, 0.5) is 0 Å². The molecule has 1 atom stereocenters. The number of hydrogen-bond donors (Lipinski definition) is 2. The van der Waals surface area contributed by atoms with Crippen LogP contribution in [0.3, 0.4) is 0 Å². The zero-order chi connectivity index (χ0) is 22.3. The van der Waals surface area contributed by atoms with E-state index < -0.39 is 39.7 Å². The average molecular weight is 434 g/mol. The van der Waals surface area contributed by atoms with Gasteiger partial charge in [-0.15, -0.1) is 0 Å². The lowest BCUT2D eigenvalue weighted by Crippen LogP contribution is -2.59. The number of carbonyl (C=O) groups is 3. The van der Waals surface area contributed by atoms with Crippen LogP contribution in [0, 0.1) is 5.41 Å². The third kappa shape index (κ3) is 6.33. The van der Waals surface area contributed by atoms with Crippen molar-refractivity contribution in [2.24, 2.45) is 11.1 Å². The molecule has 2 N–H and O–H groups in total. The summed E-state index contributed by atoms with van der Waals surface area (Å²) in [4.78, 5) is 38.6. The monoisotopic (exact) mass is 433 g/mol. The molecule has 9 heteroatoms. The molecular weight excluding hydrogens is 398 g/mol. The van der Waals surface area contributed by atoms with Crippen LogP contribution in [-0.4, -0.2) is 60.7 Å². The summed E-state index contributed by atoms with van der Waals surface area (Å²) in [5.74, 6) is -2.03. The third-order valence-electron chi connectivity index (χ3n) is 4.90.